The summed E-state index contributed by atoms with van der Waals surface area (Å²) in [6.07, 6.45) is 4.01. The van der Waals surface area contributed by atoms with E-state index in [9.17, 15) is 13.2 Å². The van der Waals surface area contributed by atoms with Crippen LogP contribution in [0.3, 0.4) is 0 Å². The van der Waals surface area contributed by atoms with Gasteiger partial charge in [0.2, 0.25) is 10.0 Å². The van der Waals surface area contributed by atoms with Crippen LogP contribution >= 0.6 is 0 Å². The van der Waals surface area contributed by atoms with Gasteiger partial charge in [0, 0.05) is 18.6 Å². The summed E-state index contributed by atoms with van der Waals surface area (Å²) >= 11 is 0. The van der Waals surface area contributed by atoms with Crippen LogP contribution in [0, 0.1) is 12.3 Å². The SMILES string of the molecule is Cc1ccc(S(=O)(=O)NC[C@]23CCC[C@H]2OCC3)cc1C(=O)O. The number of aryl methyl sites for hydroxylation is 1. The Morgan fingerprint density at radius 1 is 1.43 bits per heavy atom. The van der Waals surface area contributed by atoms with Gasteiger partial charge in [-0.3, -0.25) is 0 Å². The molecule has 1 aromatic rings. The molecule has 126 valence electrons. The van der Waals surface area contributed by atoms with Crippen LogP contribution in [-0.4, -0.2) is 38.7 Å². The fourth-order valence-electron chi connectivity index (χ4n) is 3.67. The number of carbonyl (C=O) groups is 1. The van der Waals surface area contributed by atoms with Crippen LogP contribution in [0.15, 0.2) is 23.1 Å². The summed E-state index contributed by atoms with van der Waals surface area (Å²) in [5.74, 6) is -1.13. The molecule has 1 aromatic carbocycles. The highest BCUT2D eigenvalue weighted by Gasteiger charge is 2.47. The molecule has 1 heterocycles. The zero-order valence-corrected chi connectivity index (χ0v) is 13.9. The molecule has 0 bridgehead atoms. The van der Waals surface area contributed by atoms with Crippen molar-refractivity contribution in [2.45, 2.75) is 43.6 Å². The Labute approximate surface area is 135 Å². The molecular formula is C16H21NO5S. The van der Waals surface area contributed by atoms with Crippen LogP contribution in [0.1, 0.15) is 41.6 Å². The van der Waals surface area contributed by atoms with E-state index in [0.717, 1.165) is 25.7 Å². The number of rotatable bonds is 5. The lowest BCUT2D eigenvalue weighted by atomic mass is 9.83. The van der Waals surface area contributed by atoms with Crippen LogP contribution < -0.4 is 4.72 Å². The summed E-state index contributed by atoms with van der Waals surface area (Å²) in [5, 5.41) is 9.15. The monoisotopic (exact) mass is 339 g/mol. The predicted octanol–water partition coefficient (Wildman–Crippen LogP) is 1.93. The fraction of sp³-hybridized carbons (Fsp3) is 0.562. The number of nitrogens with one attached hydrogen (secondary N) is 1. The average molecular weight is 339 g/mol. The quantitative estimate of drug-likeness (QED) is 0.855. The Balaban J connectivity index is 1.80. The first kappa shape index (κ1) is 16.4. The molecular weight excluding hydrogens is 318 g/mol. The average Bonchev–Trinajstić information content (AvgIpc) is 3.05. The van der Waals surface area contributed by atoms with Crippen molar-refractivity contribution in [2.24, 2.45) is 5.41 Å². The molecule has 2 aliphatic rings. The van der Waals surface area contributed by atoms with E-state index in [4.69, 9.17) is 9.84 Å². The van der Waals surface area contributed by atoms with Gasteiger partial charge in [-0.05, 0) is 43.9 Å². The third-order valence-electron chi connectivity index (χ3n) is 5.11. The van der Waals surface area contributed by atoms with Crippen molar-refractivity contribution in [2.75, 3.05) is 13.2 Å². The molecule has 7 heteroatoms. The maximum absolute atomic E-state index is 12.5. The largest absolute Gasteiger partial charge is 0.478 e. The van der Waals surface area contributed by atoms with E-state index in [1.165, 1.54) is 18.2 Å². The van der Waals surface area contributed by atoms with Crippen LogP contribution in [0.4, 0.5) is 0 Å². The number of hydrogen-bond acceptors (Lipinski definition) is 4. The lowest BCUT2D eigenvalue weighted by Gasteiger charge is -2.27. The minimum Gasteiger partial charge on any atom is -0.478 e. The second-order valence-electron chi connectivity index (χ2n) is 6.47. The Kier molecular flexibility index (Phi) is 4.20. The number of carboxylic acids is 1. The zero-order valence-electron chi connectivity index (χ0n) is 13.0. The smallest absolute Gasteiger partial charge is 0.335 e. The van der Waals surface area contributed by atoms with Gasteiger partial charge in [0.15, 0.2) is 0 Å². The topological polar surface area (TPSA) is 92.7 Å². The lowest BCUT2D eigenvalue weighted by molar-refractivity contribution is 0.0695. The molecule has 0 unspecified atom stereocenters. The van der Waals surface area contributed by atoms with Crippen molar-refractivity contribution in [1.82, 2.24) is 4.72 Å². The summed E-state index contributed by atoms with van der Waals surface area (Å²) in [4.78, 5) is 11.2. The number of fused-ring (bicyclic) bond motifs is 1. The Bertz CT molecular complexity index is 718. The maximum atomic E-state index is 12.5. The van der Waals surface area contributed by atoms with Gasteiger partial charge in [-0.25, -0.2) is 17.9 Å². The van der Waals surface area contributed by atoms with Crippen molar-refractivity contribution in [1.29, 1.82) is 0 Å². The van der Waals surface area contributed by atoms with Gasteiger partial charge >= 0.3 is 5.97 Å². The molecule has 0 aromatic heterocycles. The second kappa shape index (κ2) is 5.89. The first-order valence-corrected chi connectivity index (χ1v) is 9.28. The standard InChI is InChI=1S/C16H21NO5S/c1-11-4-5-12(9-13(11)15(18)19)23(20,21)17-10-16-6-2-3-14(16)22-8-7-16/h4-5,9,14,17H,2-3,6-8,10H2,1H3,(H,18,19)/t14-,16-/m1/s1. The molecule has 2 fully saturated rings. The summed E-state index contributed by atoms with van der Waals surface area (Å²) < 4.78 is 33.4. The molecule has 2 atom stereocenters. The molecule has 1 saturated carbocycles. The van der Waals surface area contributed by atoms with E-state index >= 15 is 0 Å². The minimum atomic E-state index is -3.73. The van der Waals surface area contributed by atoms with Gasteiger partial charge in [0.25, 0.3) is 0 Å². The third-order valence-corrected chi connectivity index (χ3v) is 6.51. The first-order valence-electron chi connectivity index (χ1n) is 7.79. The number of hydrogen-bond donors (Lipinski definition) is 2. The molecule has 23 heavy (non-hydrogen) atoms. The molecule has 0 radical (unpaired) electrons. The van der Waals surface area contributed by atoms with Crippen LogP contribution in [0.5, 0.6) is 0 Å². The number of carboxylic acid groups (broad SMARTS) is 1. The van der Waals surface area contributed by atoms with Gasteiger partial charge in [-0.15, -0.1) is 0 Å². The van der Waals surface area contributed by atoms with Gasteiger partial charge in [0.1, 0.15) is 0 Å². The van der Waals surface area contributed by atoms with Gasteiger partial charge < -0.3 is 9.84 Å². The molecule has 1 aliphatic heterocycles. The Morgan fingerprint density at radius 3 is 2.96 bits per heavy atom. The molecule has 0 spiro atoms. The Hall–Kier alpha value is -1.44. The van der Waals surface area contributed by atoms with E-state index in [1.54, 1.807) is 6.92 Å². The summed E-state index contributed by atoms with van der Waals surface area (Å²) in [6, 6.07) is 4.18. The Morgan fingerprint density at radius 2 is 2.22 bits per heavy atom. The van der Waals surface area contributed by atoms with E-state index in [2.05, 4.69) is 4.72 Å². The number of sulfonamides is 1. The van der Waals surface area contributed by atoms with E-state index in [1.807, 2.05) is 0 Å². The van der Waals surface area contributed by atoms with E-state index in [-0.39, 0.29) is 22.0 Å². The molecule has 6 nitrogen and oxygen atoms in total. The number of aromatic carboxylic acids is 1. The molecule has 1 saturated heterocycles. The van der Waals surface area contributed by atoms with Gasteiger partial charge in [-0.2, -0.15) is 0 Å². The van der Waals surface area contributed by atoms with Crippen LogP contribution in [0.2, 0.25) is 0 Å². The van der Waals surface area contributed by atoms with Gasteiger partial charge in [-0.1, -0.05) is 12.5 Å². The van der Waals surface area contributed by atoms with Crippen molar-refractivity contribution in [3.8, 4) is 0 Å². The van der Waals surface area contributed by atoms with E-state index in [0.29, 0.717) is 18.7 Å². The summed E-state index contributed by atoms with van der Waals surface area (Å²) in [6.45, 7) is 2.67. The van der Waals surface area contributed by atoms with Gasteiger partial charge in [0.05, 0.1) is 16.6 Å². The molecule has 3 rings (SSSR count). The zero-order chi connectivity index (χ0) is 16.7. The molecule has 2 N–H and O–H groups in total. The van der Waals surface area contributed by atoms with Crippen molar-refractivity contribution >= 4 is 16.0 Å². The number of ether oxygens (including phenoxy) is 1. The molecule has 1 aliphatic carbocycles. The normalized spacial score (nSPS) is 27.1. The highest BCUT2D eigenvalue weighted by Crippen LogP contribution is 2.47. The summed E-state index contributed by atoms with van der Waals surface area (Å²) in [5.41, 5.74) is 0.442. The highest BCUT2D eigenvalue weighted by molar-refractivity contribution is 7.89. The first-order chi connectivity index (χ1) is 10.8. The minimum absolute atomic E-state index is 0.00832. The van der Waals surface area contributed by atoms with Crippen LogP contribution in [0.25, 0.3) is 0 Å². The second-order valence-corrected chi connectivity index (χ2v) is 8.24. The third kappa shape index (κ3) is 3.00. The summed E-state index contributed by atoms with van der Waals surface area (Å²) in [7, 11) is -3.73. The predicted molar refractivity (Wildman–Crippen MR) is 84.0 cm³/mol. The van der Waals surface area contributed by atoms with Crippen LogP contribution in [-0.2, 0) is 14.8 Å². The number of benzene rings is 1. The fourth-order valence-corrected chi connectivity index (χ4v) is 4.83. The lowest BCUT2D eigenvalue weighted by Crippen LogP contribution is -2.39. The molecule has 0 amide bonds. The highest BCUT2D eigenvalue weighted by atomic mass is 32.2. The van der Waals surface area contributed by atoms with Crippen molar-refractivity contribution in [3.63, 3.8) is 0 Å². The van der Waals surface area contributed by atoms with Crippen molar-refractivity contribution < 1.29 is 23.1 Å². The van der Waals surface area contributed by atoms with E-state index < -0.39 is 16.0 Å². The van der Waals surface area contributed by atoms with Crippen molar-refractivity contribution in [3.05, 3.63) is 29.3 Å². The maximum Gasteiger partial charge on any atom is 0.335 e.